The topological polar surface area (TPSA) is 104 Å². The van der Waals surface area contributed by atoms with Crippen molar-refractivity contribution in [1.29, 1.82) is 0 Å². The first-order valence-corrected chi connectivity index (χ1v) is 12.2. The van der Waals surface area contributed by atoms with Crippen LogP contribution < -0.4 is 14.8 Å². The molecule has 1 heterocycles. The van der Waals surface area contributed by atoms with Crippen LogP contribution in [0.2, 0.25) is 0 Å². The molecule has 0 fully saturated rings. The average molecular weight is 491 g/mol. The molecule has 2 aromatic rings. The summed E-state index contributed by atoms with van der Waals surface area (Å²) in [5, 5.41) is 2.54. The Morgan fingerprint density at radius 2 is 2.06 bits per heavy atom. The first-order chi connectivity index (χ1) is 16.2. The summed E-state index contributed by atoms with van der Waals surface area (Å²) in [6.07, 6.45) is 3.28. The number of carbonyl (C=O) groups excluding carboxylic acids is 3. The fraction of sp³-hybridized carbons (Fsp3) is 0.417. The fourth-order valence-corrected chi connectivity index (χ4v) is 4.08. The van der Waals surface area contributed by atoms with Crippen LogP contribution in [0.3, 0.4) is 0 Å². The van der Waals surface area contributed by atoms with Crippen molar-refractivity contribution in [3.63, 3.8) is 0 Å². The van der Waals surface area contributed by atoms with Gasteiger partial charge in [0.1, 0.15) is 18.0 Å². The molecule has 0 aliphatic heterocycles. The summed E-state index contributed by atoms with van der Waals surface area (Å²) < 4.78 is 29.7. The number of amides is 1. The molecule has 1 N–H and O–H groups in total. The van der Waals surface area contributed by atoms with E-state index in [-0.39, 0.29) is 35.3 Å². The SMILES string of the molecule is COc1ccnc(C(=O)N[C@@H](C)C(=O)OC2Cc3cc(F)ccc3C2C)c1OC(=O)CCSC. The van der Waals surface area contributed by atoms with E-state index in [1.807, 2.05) is 13.2 Å². The summed E-state index contributed by atoms with van der Waals surface area (Å²) in [6, 6.07) is 4.99. The van der Waals surface area contributed by atoms with Gasteiger partial charge in [-0.1, -0.05) is 13.0 Å². The number of fused-ring (bicyclic) bond motifs is 1. The lowest BCUT2D eigenvalue weighted by molar-refractivity contribution is -0.151. The minimum Gasteiger partial charge on any atom is -0.493 e. The quantitative estimate of drug-likeness (QED) is 0.534. The second-order valence-corrected chi connectivity index (χ2v) is 8.90. The average Bonchev–Trinajstić information content (AvgIpc) is 3.11. The summed E-state index contributed by atoms with van der Waals surface area (Å²) in [5.74, 6) is -1.73. The molecule has 8 nitrogen and oxygen atoms in total. The predicted octanol–water partition coefficient (Wildman–Crippen LogP) is 3.28. The van der Waals surface area contributed by atoms with Gasteiger partial charge in [0, 0.05) is 30.4 Å². The lowest BCUT2D eigenvalue weighted by atomic mass is 10.0. The van der Waals surface area contributed by atoms with Crippen molar-refractivity contribution in [2.45, 2.75) is 44.8 Å². The molecule has 2 unspecified atom stereocenters. The molecule has 1 aliphatic rings. The number of methoxy groups -OCH3 is 1. The molecule has 0 spiro atoms. The molecule has 0 saturated heterocycles. The molecule has 0 bridgehead atoms. The van der Waals surface area contributed by atoms with Gasteiger partial charge >= 0.3 is 11.9 Å². The van der Waals surface area contributed by atoms with E-state index in [1.54, 1.807) is 6.07 Å². The van der Waals surface area contributed by atoms with Crippen LogP contribution in [0, 0.1) is 5.82 Å². The molecule has 182 valence electrons. The zero-order valence-corrected chi connectivity index (χ0v) is 20.2. The van der Waals surface area contributed by atoms with E-state index < -0.39 is 30.0 Å². The van der Waals surface area contributed by atoms with Gasteiger partial charge in [0.25, 0.3) is 5.91 Å². The number of pyridine rings is 1. The maximum Gasteiger partial charge on any atom is 0.328 e. The molecule has 34 heavy (non-hydrogen) atoms. The number of esters is 2. The lowest BCUT2D eigenvalue weighted by Gasteiger charge is -2.20. The summed E-state index contributed by atoms with van der Waals surface area (Å²) in [6.45, 7) is 3.39. The predicted molar refractivity (Wildman–Crippen MR) is 125 cm³/mol. The number of halogens is 1. The third-order valence-electron chi connectivity index (χ3n) is 5.57. The fourth-order valence-electron chi connectivity index (χ4n) is 3.71. The van der Waals surface area contributed by atoms with Crippen LogP contribution >= 0.6 is 11.8 Å². The number of thioether (sulfide) groups is 1. The van der Waals surface area contributed by atoms with Crippen LogP contribution in [0.25, 0.3) is 0 Å². The number of carbonyl (C=O) groups is 3. The van der Waals surface area contributed by atoms with Gasteiger partial charge in [-0.2, -0.15) is 11.8 Å². The van der Waals surface area contributed by atoms with Gasteiger partial charge in [-0.05, 0) is 36.4 Å². The van der Waals surface area contributed by atoms with Crippen molar-refractivity contribution in [1.82, 2.24) is 10.3 Å². The van der Waals surface area contributed by atoms with E-state index in [4.69, 9.17) is 14.2 Å². The number of hydrogen-bond acceptors (Lipinski definition) is 8. The number of nitrogens with zero attached hydrogens (tertiary/aromatic N) is 1. The maximum absolute atomic E-state index is 13.5. The van der Waals surface area contributed by atoms with Gasteiger partial charge in [-0.15, -0.1) is 0 Å². The molecule has 3 rings (SSSR count). The normalized spacial score (nSPS) is 17.4. The van der Waals surface area contributed by atoms with Gasteiger partial charge in [0.2, 0.25) is 5.75 Å². The summed E-state index contributed by atoms with van der Waals surface area (Å²) in [7, 11) is 1.38. The van der Waals surface area contributed by atoms with Crippen molar-refractivity contribution in [3.05, 3.63) is 53.1 Å². The number of ether oxygens (including phenoxy) is 3. The smallest absolute Gasteiger partial charge is 0.328 e. The number of rotatable bonds is 9. The molecule has 1 aromatic carbocycles. The zero-order chi connectivity index (χ0) is 24.8. The van der Waals surface area contributed by atoms with Crippen LogP contribution in [-0.2, 0) is 20.7 Å². The first kappa shape index (κ1) is 25.5. The van der Waals surface area contributed by atoms with Gasteiger partial charge in [0.05, 0.1) is 13.5 Å². The summed E-state index contributed by atoms with van der Waals surface area (Å²) >= 11 is 1.49. The van der Waals surface area contributed by atoms with E-state index in [0.29, 0.717) is 12.2 Å². The Kier molecular flexibility index (Phi) is 8.49. The third kappa shape index (κ3) is 5.85. The zero-order valence-electron chi connectivity index (χ0n) is 19.4. The van der Waals surface area contributed by atoms with E-state index in [2.05, 4.69) is 10.3 Å². The Morgan fingerprint density at radius 3 is 2.76 bits per heavy atom. The molecule has 10 heteroatoms. The maximum atomic E-state index is 13.5. The lowest BCUT2D eigenvalue weighted by Crippen LogP contribution is -2.41. The van der Waals surface area contributed by atoms with Crippen molar-refractivity contribution < 1.29 is 33.0 Å². The van der Waals surface area contributed by atoms with Gasteiger partial charge in [0.15, 0.2) is 11.4 Å². The van der Waals surface area contributed by atoms with E-state index in [9.17, 15) is 18.8 Å². The van der Waals surface area contributed by atoms with Crippen molar-refractivity contribution >= 4 is 29.6 Å². The van der Waals surface area contributed by atoms with Gasteiger partial charge < -0.3 is 19.5 Å². The molecule has 1 amide bonds. The molecule has 0 saturated carbocycles. The molecule has 3 atom stereocenters. The minimum atomic E-state index is -1.01. The third-order valence-corrected chi connectivity index (χ3v) is 6.19. The van der Waals surface area contributed by atoms with Crippen molar-refractivity contribution in [3.8, 4) is 11.5 Å². The van der Waals surface area contributed by atoms with Crippen LogP contribution in [0.15, 0.2) is 30.5 Å². The molecule has 1 aliphatic carbocycles. The standard InChI is InChI=1S/C24H27FN2O6S/c1-13-17-6-5-16(25)11-15(17)12-19(13)32-24(30)14(2)27-23(29)21-22(18(31-3)7-9-26-21)33-20(28)8-10-34-4/h5-7,9,11,13-14,19H,8,10,12H2,1-4H3,(H,27,29)/t13?,14-,19?/m0/s1. The van der Waals surface area contributed by atoms with Crippen LogP contribution in [0.4, 0.5) is 4.39 Å². The van der Waals surface area contributed by atoms with E-state index in [0.717, 1.165) is 11.1 Å². The Balaban J connectivity index is 1.67. The Bertz CT molecular complexity index is 1080. The molecular weight excluding hydrogens is 463 g/mol. The number of benzene rings is 1. The Hall–Kier alpha value is -3.14. The first-order valence-electron chi connectivity index (χ1n) is 10.8. The number of aromatic nitrogens is 1. The minimum absolute atomic E-state index is 0.102. The van der Waals surface area contributed by atoms with E-state index in [1.165, 1.54) is 50.2 Å². The highest BCUT2D eigenvalue weighted by atomic mass is 32.2. The van der Waals surface area contributed by atoms with Gasteiger partial charge in [-0.3, -0.25) is 9.59 Å². The molecule has 0 radical (unpaired) electrons. The summed E-state index contributed by atoms with van der Waals surface area (Å²) in [5.41, 5.74) is 1.55. The highest BCUT2D eigenvalue weighted by Gasteiger charge is 2.34. The monoisotopic (exact) mass is 490 g/mol. The van der Waals surface area contributed by atoms with Gasteiger partial charge in [-0.25, -0.2) is 14.2 Å². The highest BCUT2D eigenvalue weighted by Crippen LogP contribution is 2.35. The van der Waals surface area contributed by atoms with E-state index >= 15 is 0 Å². The van der Waals surface area contributed by atoms with Crippen LogP contribution in [0.1, 0.15) is 47.8 Å². The number of hydrogen-bond donors (Lipinski definition) is 1. The Labute approximate surface area is 201 Å². The highest BCUT2D eigenvalue weighted by molar-refractivity contribution is 7.98. The van der Waals surface area contributed by atoms with Crippen LogP contribution in [0.5, 0.6) is 11.5 Å². The second-order valence-electron chi connectivity index (χ2n) is 7.91. The van der Waals surface area contributed by atoms with Crippen molar-refractivity contribution in [2.75, 3.05) is 19.1 Å². The number of nitrogens with one attached hydrogen (secondary N) is 1. The molecular formula is C24H27FN2O6S. The largest absolute Gasteiger partial charge is 0.493 e. The molecule has 1 aromatic heterocycles. The van der Waals surface area contributed by atoms with Crippen molar-refractivity contribution in [2.24, 2.45) is 0 Å². The Morgan fingerprint density at radius 1 is 1.29 bits per heavy atom. The summed E-state index contributed by atoms with van der Waals surface area (Å²) in [4.78, 5) is 41.7. The second kappa shape index (κ2) is 11.3. The van der Waals surface area contributed by atoms with Crippen LogP contribution in [-0.4, -0.2) is 54.1 Å².